The third kappa shape index (κ3) is 2.09. The number of hydrogen-bond acceptors (Lipinski definition) is 4. The molecule has 1 aromatic heterocycles. The molecule has 0 radical (unpaired) electrons. The largest absolute Gasteiger partial charge is 0.378 e. The van der Waals surface area contributed by atoms with Crippen LogP contribution in [0, 0.1) is 5.92 Å². The molecule has 0 saturated carbocycles. The fourth-order valence-corrected chi connectivity index (χ4v) is 4.88. The molecule has 0 aliphatic carbocycles. The lowest BCUT2D eigenvalue weighted by Gasteiger charge is -2.43. The summed E-state index contributed by atoms with van der Waals surface area (Å²) in [5, 5.41) is 11.8. The maximum Gasteiger partial charge on any atom is 0.137 e. The van der Waals surface area contributed by atoms with Gasteiger partial charge in [-0.15, -0.1) is 0 Å². The molecule has 1 fully saturated rings. The topological polar surface area (TPSA) is 36.4 Å². The SMILES string of the molecule is CN1CCC(C2(O)c3ccccc3Sc3cccnc32)CC1. The molecule has 3 heterocycles. The summed E-state index contributed by atoms with van der Waals surface area (Å²) in [4.78, 5) is 9.16. The summed E-state index contributed by atoms with van der Waals surface area (Å²) in [6.45, 7) is 2.06. The van der Waals surface area contributed by atoms with E-state index in [9.17, 15) is 5.11 Å². The van der Waals surface area contributed by atoms with Crippen LogP contribution >= 0.6 is 11.8 Å². The summed E-state index contributed by atoms with van der Waals surface area (Å²) in [6.07, 6.45) is 3.80. The number of likely N-dealkylation sites (tertiary alicyclic amines) is 1. The highest BCUT2D eigenvalue weighted by Gasteiger charge is 2.47. The lowest BCUT2D eigenvalue weighted by molar-refractivity contribution is -0.0195. The van der Waals surface area contributed by atoms with Crippen molar-refractivity contribution in [3.8, 4) is 0 Å². The van der Waals surface area contributed by atoms with Gasteiger partial charge in [0.05, 0.1) is 5.69 Å². The number of fused-ring (bicyclic) bond motifs is 2. The predicted octanol–water partition coefficient (Wildman–Crippen LogP) is 3.12. The van der Waals surface area contributed by atoms with Gasteiger partial charge in [0, 0.05) is 27.5 Å². The van der Waals surface area contributed by atoms with Crippen LogP contribution in [0.1, 0.15) is 24.1 Å². The number of aromatic nitrogens is 1. The van der Waals surface area contributed by atoms with Crippen molar-refractivity contribution in [3.63, 3.8) is 0 Å². The minimum atomic E-state index is -0.959. The molecule has 1 unspecified atom stereocenters. The van der Waals surface area contributed by atoms with E-state index in [0.717, 1.165) is 47.0 Å². The summed E-state index contributed by atoms with van der Waals surface area (Å²) >= 11 is 1.72. The van der Waals surface area contributed by atoms with E-state index in [4.69, 9.17) is 0 Å². The Kier molecular flexibility index (Phi) is 3.48. The van der Waals surface area contributed by atoms with Gasteiger partial charge in [-0.3, -0.25) is 4.98 Å². The summed E-state index contributed by atoms with van der Waals surface area (Å²) in [7, 11) is 2.15. The molecule has 114 valence electrons. The minimum Gasteiger partial charge on any atom is -0.378 e. The van der Waals surface area contributed by atoms with Crippen LogP contribution in [-0.4, -0.2) is 35.1 Å². The fraction of sp³-hybridized carbons (Fsp3) is 0.389. The molecule has 0 amide bonds. The third-order valence-electron chi connectivity index (χ3n) is 4.96. The van der Waals surface area contributed by atoms with E-state index in [0.29, 0.717) is 0 Å². The first-order valence-corrected chi connectivity index (χ1v) is 8.65. The Hall–Kier alpha value is -1.36. The third-order valence-corrected chi connectivity index (χ3v) is 6.08. The second-order valence-corrected chi connectivity index (χ2v) is 7.38. The quantitative estimate of drug-likeness (QED) is 0.878. The Morgan fingerprint density at radius 1 is 1.14 bits per heavy atom. The molecule has 0 bridgehead atoms. The molecular formula is C18H20N2OS. The summed E-state index contributed by atoms with van der Waals surface area (Å²) in [6, 6.07) is 12.3. The molecule has 1 atom stereocenters. The van der Waals surface area contributed by atoms with Crippen LogP contribution in [-0.2, 0) is 5.60 Å². The normalized spacial score (nSPS) is 25.5. The number of hydrogen-bond donors (Lipinski definition) is 1. The molecule has 3 nitrogen and oxygen atoms in total. The second-order valence-electron chi connectivity index (χ2n) is 6.29. The average Bonchev–Trinajstić information content (AvgIpc) is 2.56. The van der Waals surface area contributed by atoms with Crippen LogP contribution in [0.15, 0.2) is 52.4 Å². The van der Waals surface area contributed by atoms with E-state index in [1.54, 1.807) is 18.0 Å². The van der Waals surface area contributed by atoms with Crippen LogP contribution < -0.4 is 0 Å². The first-order valence-electron chi connectivity index (χ1n) is 7.83. The van der Waals surface area contributed by atoms with Gasteiger partial charge in [-0.05, 0) is 51.2 Å². The van der Waals surface area contributed by atoms with Crippen molar-refractivity contribution in [1.82, 2.24) is 9.88 Å². The molecule has 4 heteroatoms. The van der Waals surface area contributed by atoms with Crippen molar-refractivity contribution in [2.45, 2.75) is 28.2 Å². The number of aliphatic hydroxyl groups is 1. The highest BCUT2D eigenvalue weighted by Crippen LogP contribution is 2.52. The Morgan fingerprint density at radius 3 is 2.68 bits per heavy atom. The van der Waals surface area contributed by atoms with Crippen molar-refractivity contribution in [3.05, 3.63) is 53.9 Å². The zero-order valence-corrected chi connectivity index (χ0v) is 13.5. The maximum atomic E-state index is 11.8. The number of piperidine rings is 1. The lowest BCUT2D eigenvalue weighted by atomic mass is 9.73. The van der Waals surface area contributed by atoms with Crippen LogP contribution in [0.3, 0.4) is 0 Å². The Bertz CT molecular complexity index is 649. The van der Waals surface area contributed by atoms with Gasteiger partial charge in [-0.2, -0.15) is 0 Å². The van der Waals surface area contributed by atoms with Gasteiger partial charge in [-0.25, -0.2) is 0 Å². The van der Waals surface area contributed by atoms with Crippen molar-refractivity contribution < 1.29 is 5.11 Å². The van der Waals surface area contributed by atoms with Crippen molar-refractivity contribution in [1.29, 1.82) is 0 Å². The van der Waals surface area contributed by atoms with E-state index in [2.05, 4.69) is 35.1 Å². The number of benzene rings is 1. The van der Waals surface area contributed by atoms with E-state index in [1.807, 2.05) is 18.2 Å². The molecule has 1 N–H and O–H groups in total. The Morgan fingerprint density at radius 2 is 1.86 bits per heavy atom. The Labute approximate surface area is 135 Å². The first-order chi connectivity index (χ1) is 10.7. The minimum absolute atomic E-state index is 0.222. The first kappa shape index (κ1) is 14.2. The average molecular weight is 312 g/mol. The Balaban J connectivity index is 1.87. The number of nitrogens with zero attached hydrogens (tertiary/aromatic N) is 2. The molecule has 4 rings (SSSR count). The van der Waals surface area contributed by atoms with Gasteiger partial charge in [0.25, 0.3) is 0 Å². The molecule has 22 heavy (non-hydrogen) atoms. The van der Waals surface area contributed by atoms with E-state index in [1.165, 1.54) is 0 Å². The maximum absolute atomic E-state index is 11.8. The van der Waals surface area contributed by atoms with Gasteiger partial charge < -0.3 is 10.0 Å². The van der Waals surface area contributed by atoms with E-state index in [-0.39, 0.29) is 5.92 Å². The van der Waals surface area contributed by atoms with Gasteiger partial charge in [0.1, 0.15) is 5.60 Å². The van der Waals surface area contributed by atoms with E-state index >= 15 is 0 Å². The molecule has 2 aromatic rings. The molecule has 2 aliphatic heterocycles. The van der Waals surface area contributed by atoms with Gasteiger partial charge in [0.15, 0.2) is 0 Å². The lowest BCUT2D eigenvalue weighted by Crippen LogP contribution is -2.45. The summed E-state index contributed by atoms with van der Waals surface area (Å²) in [5.74, 6) is 0.222. The number of rotatable bonds is 1. The van der Waals surface area contributed by atoms with Crippen LogP contribution in [0.2, 0.25) is 0 Å². The summed E-state index contributed by atoms with van der Waals surface area (Å²) < 4.78 is 0. The second kappa shape index (κ2) is 5.37. The smallest absolute Gasteiger partial charge is 0.137 e. The standard InChI is InChI=1S/C18H20N2OS/c1-20-11-8-13(9-12-20)18(21)14-5-2-3-6-15(14)22-16-7-4-10-19-17(16)18/h2-7,10,13,21H,8-9,11-12H2,1H3. The summed E-state index contributed by atoms with van der Waals surface area (Å²) in [5.41, 5.74) is 0.911. The fourth-order valence-electron chi connectivity index (χ4n) is 3.72. The van der Waals surface area contributed by atoms with Crippen molar-refractivity contribution >= 4 is 11.8 Å². The van der Waals surface area contributed by atoms with Crippen LogP contribution in [0.4, 0.5) is 0 Å². The highest BCUT2D eigenvalue weighted by molar-refractivity contribution is 7.99. The van der Waals surface area contributed by atoms with Gasteiger partial charge in [-0.1, -0.05) is 30.0 Å². The zero-order valence-electron chi connectivity index (χ0n) is 12.7. The number of pyridine rings is 1. The van der Waals surface area contributed by atoms with Gasteiger partial charge in [0.2, 0.25) is 0 Å². The van der Waals surface area contributed by atoms with Gasteiger partial charge >= 0.3 is 0 Å². The highest BCUT2D eigenvalue weighted by atomic mass is 32.2. The predicted molar refractivity (Wildman–Crippen MR) is 88.0 cm³/mol. The van der Waals surface area contributed by atoms with E-state index < -0.39 is 5.60 Å². The molecule has 1 aromatic carbocycles. The molecule has 2 aliphatic rings. The zero-order chi connectivity index (χ0) is 15.2. The molecule has 1 saturated heterocycles. The van der Waals surface area contributed by atoms with Crippen molar-refractivity contribution in [2.24, 2.45) is 5.92 Å². The molecule has 0 spiro atoms. The van der Waals surface area contributed by atoms with Crippen molar-refractivity contribution in [2.75, 3.05) is 20.1 Å². The van der Waals surface area contributed by atoms with Crippen LogP contribution in [0.25, 0.3) is 0 Å². The van der Waals surface area contributed by atoms with Crippen LogP contribution in [0.5, 0.6) is 0 Å². The molecular weight excluding hydrogens is 292 g/mol. The monoisotopic (exact) mass is 312 g/mol.